The number of nitrogens with one attached hydrogen (secondary N) is 2. The van der Waals surface area contributed by atoms with Crippen LogP contribution in [-0.4, -0.2) is 11.8 Å². The summed E-state index contributed by atoms with van der Waals surface area (Å²) in [4.78, 5) is 23.1. The predicted octanol–water partition coefficient (Wildman–Crippen LogP) is 2.63. The van der Waals surface area contributed by atoms with Gasteiger partial charge in [-0.1, -0.05) is 19.9 Å². The molecule has 2 atom stereocenters. The van der Waals surface area contributed by atoms with Crippen LogP contribution in [0.3, 0.4) is 0 Å². The fourth-order valence-corrected chi connectivity index (χ4v) is 1.85. The largest absolute Gasteiger partial charge is 0.326 e. The van der Waals surface area contributed by atoms with Crippen molar-refractivity contribution in [3.05, 3.63) is 24.3 Å². The first-order valence-electron chi connectivity index (χ1n) is 6.31. The fourth-order valence-electron chi connectivity index (χ4n) is 1.85. The summed E-state index contributed by atoms with van der Waals surface area (Å²) in [5.41, 5.74) is 1.44. The van der Waals surface area contributed by atoms with Crippen LogP contribution in [0.1, 0.15) is 26.7 Å². The molecule has 1 aromatic carbocycles. The van der Waals surface area contributed by atoms with E-state index in [2.05, 4.69) is 17.6 Å². The van der Waals surface area contributed by atoms with E-state index in [1.54, 1.807) is 13.0 Å². The van der Waals surface area contributed by atoms with Gasteiger partial charge in [-0.25, -0.2) is 0 Å². The Morgan fingerprint density at radius 3 is 2.44 bits per heavy atom. The lowest BCUT2D eigenvalue weighted by Crippen LogP contribution is -2.15. The van der Waals surface area contributed by atoms with Crippen LogP contribution in [-0.2, 0) is 9.59 Å². The lowest BCUT2D eigenvalue weighted by atomic mass is 10.2. The predicted molar refractivity (Wildman–Crippen MR) is 71.3 cm³/mol. The molecule has 0 spiro atoms. The van der Waals surface area contributed by atoms with Gasteiger partial charge in [0.05, 0.1) is 0 Å². The Hall–Kier alpha value is -1.84. The molecule has 0 aromatic heterocycles. The Morgan fingerprint density at radius 2 is 1.89 bits per heavy atom. The molecule has 0 unspecified atom stereocenters. The minimum atomic E-state index is -0.0331. The van der Waals surface area contributed by atoms with E-state index >= 15 is 0 Å². The zero-order chi connectivity index (χ0) is 13.1. The van der Waals surface area contributed by atoms with Gasteiger partial charge in [0.2, 0.25) is 11.8 Å². The summed E-state index contributed by atoms with van der Waals surface area (Å²) in [6.45, 7) is 3.87. The van der Waals surface area contributed by atoms with Crippen molar-refractivity contribution in [1.82, 2.24) is 0 Å². The molecule has 0 radical (unpaired) electrons. The maximum Gasteiger partial charge on any atom is 0.227 e. The smallest absolute Gasteiger partial charge is 0.227 e. The van der Waals surface area contributed by atoms with Crippen LogP contribution >= 0.6 is 0 Å². The van der Waals surface area contributed by atoms with Crippen molar-refractivity contribution in [2.45, 2.75) is 26.7 Å². The number of benzene rings is 1. The van der Waals surface area contributed by atoms with Crippen molar-refractivity contribution in [2.75, 3.05) is 10.6 Å². The molecule has 1 fully saturated rings. The van der Waals surface area contributed by atoms with Crippen molar-refractivity contribution in [2.24, 2.45) is 11.8 Å². The highest BCUT2D eigenvalue weighted by Crippen LogP contribution is 2.38. The summed E-state index contributed by atoms with van der Waals surface area (Å²) in [5, 5.41) is 5.64. The Balaban J connectivity index is 1.98. The van der Waals surface area contributed by atoms with Crippen LogP contribution in [0.15, 0.2) is 24.3 Å². The normalized spacial score (nSPS) is 21.2. The van der Waals surface area contributed by atoms with Gasteiger partial charge in [-0.15, -0.1) is 0 Å². The van der Waals surface area contributed by atoms with Gasteiger partial charge in [-0.3, -0.25) is 9.59 Å². The van der Waals surface area contributed by atoms with Gasteiger partial charge in [-0.05, 0) is 30.5 Å². The van der Waals surface area contributed by atoms with Crippen LogP contribution in [0.2, 0.25) is 0 Å². The standard InChI is InChI=1S/C14H18N2O2/c1-3-13(17)15-10-5-4-6-11(8-10)16-14(18)12-7-9(12)2/h4-6,8-9,12H,3,7H2,1-2H3,(H,15,17)(H,16,18)/t9-,12-/m1/s1. The van der Waals surface area contributed by atoms with E-state index in [0.717, 1.165) is 12.1 Å². The molecule has 0 bridgehead atoms. The topological polar surface area (TPSA) is 58.2 Å². The van der Waals surface area contributed by atoms with Crippen molar-refractivity contribution in [1.29, 1.82) is 0 Å². The number of amides is 2. The number of carbonyl (C=O) groups excluding carboxylic acids is 2. The monoisotopic (exact) mass is 246 g/mol. The Labute approximate surface area is 107 Å². The molecule has 1 saturated carbocycles. The summed E-state index contributed by atoms with van der Waals surface area (Å²) in [6, 6.07) is 7.23. The zero-order valence-corrected chi connectivity index (χ0v) is 10.7. The molecule has 1 aliphatic rings. The van der Waals surface area contributed by atoms with Gasteiger partial charge in [0.25, 0.3) is 0 Å². The summed E-state index contributed by atoms with van der Waals surface area (Å²) in [7, 11) is 0. The molecule has 0 saturated heterocycles. The molecule has 1 aliphatic carbocycles. The second kappa shape index (κ2) is 5.21. The van der Waals surface area contributed by atoms with Crippen molar-refractivity contribution in [3.8, 4) is 0 Å². The quantitative estimate of drug-likeness (QED) is 0.858. The molecule has 4 heteroatoms. The van der Waals surface area contributed by atoms with Gasteiger partial charge >= 0.3 is 0 Å². The highest BCUT2D eigenvalue weighted by Gasteiger charge is 2.39. The first-order valence-corrected chi connectivity index (χ1v) is 6.31. The van der Waals surface area contributed by atoms with Crippen LogP contribution in [0.25, 0.3) is 0 Å². The van der Waals surface area contributed by atoms with Gasteiger partial charge in [0.1, 0.15) is 0 Å². The minimum absolute atomic E-state index is 0.0331. The van der Waals surface area contributed by atoms with Crippen LogP contribution in [0.4, 0.5) is 11.4 Å². The third-order valence-corrected chi connectivity index (χ3v) is 3.18. The molecule has 0 aliphatic heterocycles. The highest BCUT2D eigenvalue weighted by molar-refractivity contribution is 5.96. The summed E-state index contributed by atoms with van der Waals surface area (Å²) in [6.07, 6.45) is 1.41. The van der Waals surface area contributed by atoms with Gasteiger partial charge in [0, 0.05) is 23.7 Å². The molecule has 2 N–H and O–H groups in total. The SMILES string of the molecule is CCC(=O)Nc1cccc(NC(=O)[C@@H]2C[C@H]2C)c1. The minimum Gasteiger partial charge on any atom is -0.326 e. The Morgan fingerprint density at radius 1 is 1.28 bits per heavy atom. The first-order chi connectivity index (χ1) is 8.60. The third kappa shape index (κ3) is 3.09. The Kier molecular flexibility index (Phi) is 3.65. The molecule has 96 valence electrons. The lowest BCUT2D eigenvalue weighted by Gasteiger charge is -2.08. The number of hydrogen-bond acceptors (Lipinski definition) is 2. The molecular formula is C14H18N2O2. The number of hydrogen-bond donors (Lipinski definition) is 2. The van der Waals surface area contributed by atoms with E-state index in [9.17, 15) is 9.59 Å². The summed E-state index contributed by atoms with van der Waals surface area (Å²) in [5.74, 6) is 0.683. The van der Waals surface area contributed by atoms with E-state index < -0.39 is 0 Å². The maximum absolute atomic E-state index is 11.8. The summed E-state index contributed by atoms with van der Waals surface area (Å²) >= 11 is 0. The molecular weight excluding hydrogens is 228 g/mol. The van der Waals surface area contributed by atoms with E-state index in [0.29, 0.717) is 18.0 Å². The first kappa shape index (κ1) is 12.6. The van der Waals surface area contributed by atoms with E-state index in [1.165, 1.54) is 0 Å². The lowest BCUT2D eigenvalue weighted by molar-refractivity contribution is -0.117. The number of carbonyl (C=O) groups is 2. The van der Waals surface area contributed by atoms with Crippen LogP contribution in [0.5, 0.6) is 0 Å². The van der Waals surface area contributed by atoms with Crippen molar-refractivity contribution < 1.29 is 9.59 Å². The maximum atomic E-state index is 11.8. The highest BCUT2D eigenvalue weighted by atomic mass is 16.2. The van der Waals surface area contributed by atoms with Crippen LogP contribution < -0.4 is 10.6 Å². The second-order valence-electron chi connectivity index (χ2n) is 4.79. The van der Waals surface area contributed by atoms with E-state index in [4.69, 9.17) is 0 Å². The fraction of sp³-hybridized carbons (Fsp3) is 0.429. The molecule has 0 heterocycles. The van der Waals surface area contributed by atoms with Crippen LogP contribution in [0, 0.1) is 11.8 Å². The van der Waals surface area contributed by atoms with Crippen molar-refractivity contribution in [3.63, 3.8) is 0 Å². The number of rotatable bonds is 4. The molecule has 18 heavy (non-hydrogen) atoms. The second-order valence-corrected chi connectivity index (χ2v) is 4.79. The third-order valence-electron chi connectivity index (χ3n) is 3.18. The Bertz CT molecular complexity index is 471. The molecule has 4 nitrogen and oxygen atoms in total. The van der Waals surface area contributed by atoms with E-state index in [-0.39, 0.29) is 17.7 Å². The molecule has 1 aromatic rings. The zero-order valence-electron chi connectivity index (χ0n) is 10.7. The average Bonchev–Trinajstić information content (AvgIpc) is 3.07. The molecule has 2 amide bonds. The average molecular weight is 246 g/mol. The van der Waals surface area contributed by atoms with Crippen molar-refractivity contribution >= 4 is 23.2 Å². The molecule has 2 rings (SSSR count). The summed E-state index contributed by atoms with van der Waals surface area (Å²) < 4.78 is 0. The number of anilines is 2. The van der Waals surface area contributed by atoms with Gasteiger partial charge in [-0.2, -0.15) is 0 Å². The van der Waals surface area contributed by atoms with Gasteiger partial charge in [0.15, 0.2) is 0 Å². The van der Waals surface area contributed by atoms with Gasteiger partial charge < -0.3 is 10.6 Å². The van der Waals surface area contributed by atoms with E-state index in [1.807, 2.05) is 18.2 Å².